The molecule has 84 valence electrons. The minimum atomic E-state index is 0.0223. The summed E-state index contributed by atoms with van der Waals surface area (Å²) in [7, 11) is 0. The minimum absolute atomic E-state index is 0.0223. The maximum absolute atomic E-state index is 5.80. The summed E-state index contributed by atoms with van der Waals surface area (Å²) in [5.74, 6) is 0.738. The molecule has 1 rings (SSSR count). The lowest BCUT2D eigenvalue weighted by atomic mass is 10.2. The second-order valence-corrected chi connectivity index (χ2v) is 3.63. The molecule has 0 heterocycles. The molecule has 0 aliphatic carbocycles. The van der Waals surface area contributed by atoms with Crippen LogP contribution in [0.3, 0.4) is 0 Å². The number of nitrogens with two attached hydrogens (primary N) is 1. The molecule has 0 aromatic heterocycles. The Morgan fingerprint density at radius 1 is 1.40 bits per heavy atom. The summed E-state index contributed by atoms with van der Waals surface area (Å²) >= 11 is 0. The van der Waals surface area contributed by atoms with Crippen molar-refractivity contribution in [2.45, 2.75) is 26.9 Å². The predicted octanol–water partition coefficient (Wildman–Crippen LogP) is 2.38. The first-order valence-electron chi connectivity index (χ1n) is 5.24. The van der Waals surface area contributed by atoms with E-state index in [0.717, 1.165) is 11.3 Å². The van der Waals surface area contributed by atoms with Crippen LogP contribution in [-0.4, -0.2) is 19.3 Å². The summed E-state index contributed by atoms with van der Waals surface area (Å²) in [6.07, 6.45) is 0.0223. The topological polar surface area (TPSA) is 44.5 Å². The van der Waals surface area contributed by atoms with Gasteiger partial charge in [0.2, 0.25) is 0 Å². The number of ether oxygens (including phenoxy) is 2. The lowest BCUT2D eigenvalue weighted by molar-refractivity contribution is 0.0661. The molecule has 15 heavy (non-hydrogen) atoms. The number of hydrogen-bond acceptors (Lipinski definition) is 3. The summed E-state index contributed by atoms with van der Waals surface area (Å²) in [6.45, 7) is 7.24. The maximum Gasteiger partial charge on any atom is 0.142 e. The molecule has 0 aliphatic heterocycles. The average Bonchev–Trinajstić information content (AvgIpc) is 2.20. The Balaban J connectivity index is 2.59. The van der Waals surface area contributed by atoms with Crippen molar-refractivity contribution < 1.29 is 9.47 Å². The quantitative estimate of drug-likeness (QED) is 0.757. The van der Waals surface area contributed by atoms with Gasteiger partial charge in [-0.3, -0.25) is 0 Å². The first-order valence-corrected chi connectivity index (χ1v) is 5.24. The third-order valence-electron chi connectivity index (χ3n) is 2.05. The molecular weight excluding hydrogens is 190 g/mol. The zero-order valence-electron chi connectivity index (χ0n) is 9.62. The van der Waals surface area contributed by atoms with Gasteiger partial charge in [0.25, 0.3) is 0 Å². The van der Waals surface area contributed by atoms with Crippen LogP contribution in [0.1, 0.15) is 19.4 Å². The zero-order chi connectivity index (χ0) is 11.3. The third kappa shape index (κ3) is 3.80. The minimum Gasteiger partial charge on any atom is -0.486 e. The van der Waals surface area contributed by atoms with Gasteiger partial charge < -0.3 is 15.2 Å². The van der Waals surface area contributed by atoms with Crippen molar-refractivity contribution in [3.63, 3.8) is 0 Å². The van der Waals surface area contributed by atoms with Crippen LogP contribution in [0.15, 0.2) is 18.2 Å². The van der Waals surface area contributed by atoms with Crippen LogP contribution in [0.2, 0.25) is 0 Å². The molecule has 3 heteroatoms. The number of anilines is 1. The second kappa shape index (κ2) is 5.61. The Kier molecular flexibility index (Phi) is 4.43. The van der Waals surface area contributed by atoms with E-state index >= 15 is 0 Å². The fourth-order valence-corrected chi connectivity index (χ4v) is 1.28. The van der Waals surface area contributed by atoms with Crippen molar-refractivity contribution in [3.05, 3.63) is 23.8 Å². The highest BCUT2D eigenvalue weighted by Crippen LogP contribution is 2.23. The fraction of sp³-hybridized carbons (Fsp3) is 0.500. The van der Waals surface area contributed by atoms with Gasteiger partial charge in [0.15, 0.2) is 0 Å². The van der Waals surface area contributed by atoms with Crippen LogP contribution in [0.5, 0.6) is 5.75 Å². The second-order valence-electron chi connectivity index (χ2n) is 3.63. The van der Waals surface area contributed by atoms with Gasteiger partial charge in [-0.15, -0.1) is 0 Å². The van der Waals surface area contributed by atoms with E-state index in [9.17, 15) is 0 Å². The van der Waals surface area contributed by atoms with Crippen LogP contribution in [0.25, 0.3) is 0 Å². The highest BCUT2D eigenvalue weighted by atomic mass is 16.5. The van der Waals surface area contributed by atoms with Gasteiger partial charge >= 0.3 is 0 Å². The molecule has 0 saturated carbocycles. The normalized spacial score (nSPS) is 12.5. The van der Waals surface area contributed by atoms with Gasteiger partial charge in [-0.25, -0.2) is 0 Å². The average molecular weight is 209 g/mol. The Hall–Kier alpha value is -1.22. The first-order chi connectivity index (χ1) is 7.13. The van der Waals surface area contributed by atoms with Gasteiger partial charge in [-0.1, -0.05) is 6.07 Å². The van der Waals surface area contributed by atoms with E-state index in [-0.39, 0.29) is 6.10 Å². The highest BCUT2D eigenvalue weighted by Gasteiger charge is 2.06. The molecule has 0 spiro atoms. The van der Waals surface area contributed by atoms with Gasteiger partial charge in [0.1, 0.15) is 11.9 Å². The lowest BCUT2D eigenvalue weighted by Crippen LogP contribution is -2.19. The van der Waals surface area contributed by atoms with E-state index in [1.54, 1.807) is 0 Å². The van der Waals surface area contributed by atoms with Crippen LogP contribution < -0.4 is 10.5 Å². The predicted molar refractivity (Wildman–Crippen MR) is 62.2 cm³/mol. The zero-order valence-corrected chi connectivity index (χ0v) is 9.62. The summed E-state index contributed by atoms with van der Waals surface area (Å²) in [6, 6.07) is 5.77. The van der Waals surface area contributed by atoms with Crippen LogP contribution in [0, 0.1) is 6.92 Å². The molecular formula is C12H19NO2. The van der Waals surface area contributed by atoms with Crippen molar-refractivity contribution in [1.29, 1.82) is 0 Å². The van der Waals surface area contributed by atoms with Gasteiger partial charge in [-0.2, -0.15) is 0 Å². The van der Waals surface area contributed by atoms with E-state index < -0.39 is 0 Å². The number of benzene rings is 1. The Bertz CT molecular complexity index is 312. The molecule has 0 amide bonds. The van der Waals surface area contributed by atoms with Crippen LogP contribution >= 0.6 is 0 Å². The van der Waals surface area contributed by atoms with Crippen molar-refractivity contribution in [2.75, 3.05) is 18.9 Å². The largest absolute Gasteiger partial charge is 0.486 e. The first kappa shape index (κ1) is 11.9. The van der Waals surface area contributed by atoms with Crippen LogP contribution in [-0.2, 0) is 4.74 Å². The molecule has 2 N–H and O–H groups in total. The Morgan fingerprint density at radius 3 is 2.80 bits per heavy atom. The fourth-order valence-electron chi connectivity index (χ4n) is 1.28. The van der Waals surface area contributed by atoms with Crippen LogP contribution in [0.4, 0.5) is 5.69 Å². The van der Waals surface area contributed by atoms with Crippen molar-refractivity contribution in [3.8, 4) is 5.75 Å². The molecule has 1 atom stereocenters. The van der Waals surface area contributed by atoms with E-state index in [1.807, 2.05) is 39.0 Å². The highest BCUT2D eigenvalue weighted by molar-refractivity contribution is 5.53. The smallest absolute Gasteiger partial charge is 0.142 e. The van der Waals surface area contributed by atoms with E-state index in [4.69, 9.17) is 15.2 Å². The monoisotopic (exact) mass is 209 g/mol. The number of aryl methyl sites for hydroxylation is 1. The number of rotatable bonds is 5. The van der Waals surface area contributed by atoms with Gasteiger partial charge in [0.05, 0.1) is 12.3 Å². The Labute approximate surface area is 91.2 Å². The lowest BCUT2D eigenvalue weighted by Gasteiger charge is -2.16. The molecule has 0 bridgehead atoms. The Morgan fingerprint density at radius 2 is 2.13 bits per heavy atom. The van der Waals surface area contributed by atoms with Crippen molar-refractivity contribution in [2.24, 2.45) is 0 Å². The standard InChI is InChI=1S/C12H19NO2/c1-4-14-8-10(3)15-12-7-9(2)5-6-11(12)13/h5-7,10H,4,8,13H2,1-3H3. The SMILES string of the molecule is CCOCC(C)Oc1cc(C)ccc1N. The molecule has 1 aromatic carbocycles. The molecule has 1 aromatic rings. The van der Waals surface area contributed by atoms with Gasteiger partial charge in [-0.05, 0) is 38.5 Å². The molecule has 1 unspecified atom stereocenters. The maximum atomic E-state index is 5.80. The summed E-state index contributed by atoms with van der Waals surface area (Å²) < 4.78 is 10.9. The molecule has 3 nitrogen and oxygen atoms in total. The van der Waals surface area contributed by atoms with E-state index in [2.05, 4.69) is 0 Å². The molecule has 0 saturated heterocycles. The molecule has 0 aliphatic rings. The molecule has 0 radical (unpaired) electrons. The molecule has 0 fully saturated rings. The van der Waals surface area contributed by atoms with Gasteiger partial charge in [0, 0.05) is 6.61 Å². The summed E-state index contributed by atoms with van der Waals surface area (Å²) in [4.78, 5) is 0. The summed E-state index contributed by atoms with van der Waals surface area (Å²) in [5.41, 5.74) is 7.61. The third-order valence-corrected chi connectivity index (χ3v) is 2.05. The number of nitrogen functional groups attached to an aromatic ring is 1. The summed E-state index contributed by atoms with van der Waals surface area (Å²) in [5, 5.41) is 0. The van der Waals surface area contributed by atoms with Crippen molar-refractivity contribution >= 4 is 5.69 Å². The van der Waals surface area contributed by atoms with E-state index in [1.165, 1.54) is 0 Å². The number of hydrogen-bond donors (Lipinski definition) is 1. The van der Waals surface area contributed by atoms with E-state index in [0.29, 0.717) is 18.9 Å². The van der Waals surface area contributed by atoms with Crippen molar-refractivity contribution in [1.82, 2.24) is 0 Å².